The summed E-state index contributed by atoms with van der Waals surface area (Å²) in [4.78, 5) is 23.5. The van der Waals surface area contributed by atoms with Crippen LogP contribution >= 0.6 is 0 Å². The number of carboxylic acid groups (broad SMARTS) is 1. The van der Waals surface area contributed by atoms with Crippen LogP contribution in [0.2, 0.25) is 0 Å². The molecule has 0 aliphatic carbocycles. The largest absolute Gasteiger partial charge is 0.480 e. The second-order valence-corrected chi connectivity index (χ2v) is 3.47. The van der Waals surface area contributed by atoms with Gasteiger partial charge in [-0.05, 0) is 19.8 Å². The number of carboxylic acids is 1. The Kier molecular flexibility index (Phi) is 3.46. The Morgan fingerprint density at radius 1 is 1.57 bits per heavy atom. The van der Waals surface area contributed by atoms with Crippen molar-refractivity contribution in [2.24, 2.45) is 0 Å². The number of amides is 1. The Bertz CT molecular complexity index is 235. The van der Waals surface area contributed by atoms with Crippen LogP contribution in [0, 0.1) is 0 Å². The summed E-state index contributed by atoms with van der Waals surface area (Å²) >= 11 is 0. The van der Waals surface area contributed by atoms with Gasteiger partial charge in [0.25, 0.3) is 5.91 Å². The predicted molar refractivity (Wildman–Crippen MR) is 48.8 cm³/mol. The van der Waals surface area contributed by atoms with Gasteiger partial charge in [-0.3, -0.25) is 4.79 Å². The van der Waals surface area contributed by atoms with E-state index < -0.39 is 18.1 Å². The molecule has 1 unspecified atom stereocenters. The smallest absolute Gasteiger partial charge is 0.326 e. The van der Waals surface area contributed by atoms with Crippen molar-refractivity contribution in [3.8, 4) is 0 Å². The Balaban J connectivity index is 2.54. The molecule has 0 bridgehead atoms. The SMILES string of the molecule is CC(C(=O)O)N(C)C(=O)[C@H]1CCCO1. The first-order valence-corrected chi connectivity index (χ1v) is 4.65. The number of hydrogen-bond acceptors (Lipinski definition) is 3. The lowest BCUT2D eigenvalue weighted by Gasteiger charge is -2.24. The maximum atomic E-state index is 11.6. The van der Waals surface area contributed by atoms with E-state index in [0.29, 0.717) is 13.0 Å². The average Bonchev–Trinajstić information content (AvgIpc) is 2.67. The summed E-state index contributed by atoms with van der Waals surface area (Å²) in [6.07, 6.45) is 1.11. The molecule has 5 heteroatoms. The van der Waals surface area contributed by atoms with Gasteiger partial charge >= 0.3 is 5.97 Å². The highest BCUT2D eigenvalue weighted by molar-refractivity contribution is 5.86. The van der Waals surface area contributed by atoms with Crippen molar-refractivity contribution in [3.05, 3.63) is 0 Å². The minimum absolute atomic E-state index is 0.239. The zero-order chi connectivity index (χ0) is 10.7. The fraction of sp³-hybridized carbons (Fsp3) is 0.778. The van der Waals surface area contributed by atoms with Crippen LogP contribution in [0.15, 0.2) is 0 Å². The Labute approximate surface area is 82.6 Å². The quantitative estimate of drug-likeness (QED) is 0.703. The van der Waals surface area contributed by atoms with E-state index in [9.17, 15) is 9.59 Å². The van der Waals surface area contributed by atoms with Crippen molar-refractivity contribution in [1.82, 2.24) is 4.90 Å². The molecule has 1 amide bonds. The van der Waals surface area contributed by atoms with E-state index in [1.807, 2.05) is 0 Å². The summed E-state index contributed by atoms with van der Waals surface area (Å²) in [7, 11) is 1.49. The number of nitrogens with zero attached hydrogens (tertiary/aromatic N) is 1. The maximum absolute atomic E-state index is 11.6. The molecule has 0 aromatic carbocycles. The highest BCUT2D eigenvalue weighted by Gasteiger charge is 2.30. The van der Waals surface area contributed by atoms with Crippen LogP contribution in [0.3, 0.4) is 0 Å². The number of carbonyl (C=O) groups excluding carboxylic acids is 1. The van der Waals surface area contributed by atoms with E-state index in [1.165, 1.54) is 18.9 Å². The van der Waals surface area contributed by atoms with E-state index in [2.05, 4.69) is 0 Å². The van der Waals surface area contributed by atoms with E-state index in [4.69, 9.17) is 9.84 Å². The van der Waals surface area contributed by atoms with Crippen molar-refractivity contribution in [2.45, 2.75) is 31.9 Å². The number of rotatable bonds is 3. The zero-order valence-corrected chi connectivity index (χ0v) is 8.40. The maximum Gasteiger partial charge on any atom is 0.326 e. The molecular formula is C9H15NO4. The molecule has 1 rings (SSSR count). The zero-order valence-electron chi connectivity index (χ0n) is 8.40. The molecule has 0 radical (unpaired) electrons. The molecule has 0 saturated carbocycles. The van der Waals surface area contributed by atoms with Gasteiger partial charge in [0, 0.05) is 13.7 Å². The summed E-state index contributed by atoms with van der Waals surface area (Å²) in [5.41, 5.74) is 0. The van der Waals surface area contributed by atoms with E-state index in [0.717, 1.165) is 6.42 Å². The molecule has 0 aromatic heterocycles. The predicted octanol–water partition coefficient (Wildman–Crippen LogP) is 0.0969. The molecule has 1 aliphatic heterocycles. The third-order valence-corrected chi connectivity index (χ3v) is 2.49. The highest BCUT2D eigenvalue weighted by atomic mass is 16.5. The summed E-state index contributed by atoms with van der Waals surface area (Å²) in [6, 6.07) is -0.799. The summed E-state index contributed by atoms with van der Waals surface area (Å²) in [5.74, 6) is -1.24. The van der Waals surface area contributed by atoms with Crippen molar-refractivity contribution in [2.75, 3.05) is 13.7 Å². The fourth-order valence-electron chi connectivity index (χ4n) is 1.36. The van der Waals surface area contributed by atoms with Gasteiger partial charge in [-0.15, -0.1) is 0 Å². The average molecular weight is 201 g/mol. The van der Waals surface area contributed by atoms with Gasteiger partial charge in [-0.25, -0.2) is 4.79 Å². The topological polar surface area (TPSA) is 66.8 Å². The Morgan fingerprint density at radius 3 is 2.64 bits per heavy atom. The van der Waals surface area contributed by atoms with Gasteiger partial charge in [0.05, 0.1) is 0 Å². The molecule has 1 saturated heterocycles. The van der Waals surface area contributed by atoms with E-state index >= 15 is 0 Å². The molecule has 2 atom stereocenters. The molecular weight excluding hydrogens is 186 g/mol. The standard InChI is InChI=1S/C9H15NO4/c1-6(9(12)13)10(2)8(11)7-4-3-5-14-7/h6-7H,3-5H2,1-2H3,(H,12,13)/t6?,7-/m1/s1. The summed E-state index contributed by atoms with van der Waals surface area (Å²) < 4.78 is 5.18. The molecule has 80 valence electrons. The van der Waals surface area contributed by atoms with Gasteiger partial charge < -0.3 is 14.7 Å². The second kappa shape index (κ2) is 4.41. The normalized spacial score (nSPS) is 23.1. The molecule has 0 aromatic rings. The molecule has 1 heterocycles. The summed E-state index contributed by atoms with van der Waals surface area (Å²) in [6.45, 7) is 2.07. The Hall–Kier alpha value is -1.10. The van der Waals surface area contributed by atoms with Crippen molar-refractivity contribution in [3.63, 3.8) is 0 Å². The van der Waals surface area contributed by atoms with Crippen LogP contribution in [0.4, 0.5) is 0 Å². The van der Waals surface area contributed by atoms with Crippen LogP contribution < -0.4 is 0 Å². The van der Waals surface area contributed by atoms with E-state index in [-0.39, 0.29) is 5.91 Å². The molecule has 14 heavy (non-hydrogen) atoms. The number of carbonyl (C=O) groups is 2. The monoisotopic (exact) mass is 201 g/mol. The van der Waals surface area contributed by atoms with Crippen LogP contribution in [0.25, 0.3) is 0 Å². The van der Waals surface area contributed by atoms with Crippen LogP contribution in [-0.2, 0) is 14.3 Å². The highest BCUT2D eigenvalue weighted by Crippen LogP contribution is 2.15. The minimum atomic E-state index is -1.00. The van der Waals surface area contributed by atoms with Crippen molar-refractivity contribution < 1.29 is 19.4 Å². The van der Waals surface area contributed by atoms with E-state index in [1.54, 1.807) is 0 Å². The van der Waals surface area contributed by atoms with Crippen LogP contribution in [-0.4, -0.2) is 47.7 Å². The molecule has 0 spiro atoms. The lowest BCUT2D eigenvalue weighted by Crippen LogP contribution is -2.45. The first kappa shape index (κ1) is 11.0. The van der Waals surface area contributed by atoms with Gasteiger partial charge in [0.1, 0.15) is 12.1 Å². The fourth-order valence-corrected chi connectivity index (χ4v) is 1.36. The lowest BCUT2D eigenvalue weighted by molar-refractivity contribution is -0.152. The first-order valence-electron chi connectivity index (χ1n) is 4.65. The number of hydrogen-bond donors (Lipinski definition) is 1. The van der Waals surface area contributed by atoms with Crippen LogP contribution in [0.1, 0.15) is 19.8 Å². The third-order valence-electron chi connectivity index (χ3n) is 2.49. The van der Waals surface area contributed by atoms with Gasteiger partial charge in [0.15, 0.2) is 0 Å². The molecule has 1 fully saturated rings. The summed E-state index contributed by atoms with van der Waals surface area (Å²) in [5, 5.41) is 8.71. The first-order chi connectivity index (χ1) is 6.54. The van der Waals surface area contributed by atoms with Crippen LogP contribution in [0.5, 0.6) is 0 Å². The third kappa shape index (κ3) is 2.23. The van der Waals surface area contributed by atoms with Crippen molar-refractivity contribution >= 4 is 11.9 Å². The lowest BCUT2D eigenvalue weighted by atomic mass is 10.2. The molecule has 5 nitrogen and oxygen atoms in total. The second-order valence-electron chi connectivity index (χ2n) is 3.47. The Morgan fingerprint density at radius 2 is 2.21 bits per heavy atom. The van der Waals surface area contributed by atoms with Gasteiger partial charge in [0.2, 0.25) is 0 Å². The number of ether oxygens (including phenoxy) is 1. The molecule has 1 N–H and O–H groups in total. The molecule has 1 aliphatic rings. The van der Waals surface area contributed by atoms with Gasteiger partial charge in [-0.2, -0.15) is 0 Å². The van der Waals surface area contributed by atoms with Crippen molar-refractivity contribution in [1.29, 1.82) is 0 Å². The number of likely N-dealkylation sites (N-methyl/N-ethyl adjacent to an activating group) is 1. The number of aliphatic carboxylic acids is 1. The minimum Gasteiger partial charge on any atom is -0.480 e. The van der Waals surface area contributed by atoms with Gasteiger partial charge in [-0.1, -0.05) is 0 Å².